The highest BCUT2D eigenvalue weighted by Gasteiger charge is 2.28. The molecule has 6 rings (SSSR count). The summed E-state index contributed by atoms with van der Waals surface area (Å²) in [5.74, 6) is -0.389. The molecule has 1 N–H and O–H groups in total. The van der Waals surface area contributed by atoms with E-state index < -0.39 is 0 Å². The van der Waals surface area contributed by atoms with Gasteiger partial charge in [0, 0.05) is 0 Å². The van der Waals surface area contributed by atoms with Gasteiger partial charge in [0.1, 0.15) is 0 Å². The minimum atomic E-state index is -0.389. The van der Waals surface area contributed by atoms with Gasteiger partial charge < -0.3 is 5.32 Å². The predicted molar refractivity (Wildman–Crippen MR) is 143 cm³/mol. The summed E-state index contributed by atoms with van der Waals surface area (Å²) in [6.45, 7) is 0. The smallest absolute Gasteiger partial charge is 0.232 e. The van der Waals surface area contributed by atoms with Gasteiger partial charge in [-0.25, -0.2) is 0 Å². The number of hydrogen-bond acceptors (Lipinski definition) is 1. The third-order valence-electron chi connectivity index (χ3n) is 7.17. The van der Waals surface area contributed by atoms with Gasteiger partial charge in [-0.05, 0) is 57.0 Å². The lowest BCUT2D eigenvalue weighted by Crippen LogP contribution is -2.34. The second-order valence-electron chi connectivity index (χ2n) is 9.26. The van der Waals surface area contributed by atoms with Crippen molar-refractivity contribution >= 4 is 16.7 Å². The van der Waals surface area contributed by atoms with E-state index in [2.05, 4.69) is 47.8 Å². The second kappa shape index (κ2) is 9.23. The van der Waals surface area contributed by atoms with Crippen molar-refractivity contribution in [3.05, 3.63) is 155 Å². The van der Waals surface area contributed by atoms with Gasteiger partial charge in [-0.15, -0.1) is 0 Å². The van der Waals surface area contributed by atoms with E-state index in [9.17, 15) is 4.79 Å². The normalized spacial score (nSPS) is 13.2. The van der Waals surface area contributed by atoms with E-state index in [1.54, 1.807) is 0 Å². The first-order valence-corrected chi connectivity index (χ1v) is 12.3. The average molecular weight is 454 g/mol. The molecule has 0 fully saturated rings. The zero-order valence-electron chi connectivity index (χ0n) is 19.5. The summed E-state index contributed by atoms with van der Waals surface area (Å²) >= 11 is 0. The molecule has 0 bridgehead atoms. The van der Waals surface area contributed by atoms with E-state index in [1.165, 1.54) is 21.9 Å². The molecule has 0 radical (unpaired) electrons. The van der Waals surface area contributed by atoms with Crippen molar-refractivity contribution in [2.24, 2.45) is 0 Å². The Kier molecular flexibility index (Phi) is 5.64. The third kappa shape index (κ3) is 4.02. The molecule has 2 nitrogen and oxygen atoms in total. The van der Waals surface area contributed by atoms with Gasteiger partial charge in [0.2, 0.25) is 5.91 Å². The number of nitrogens with one attached hydrogen (secondary N) is 1. The lowest BCUT2D eigenvalue weighted by molar-refractivity contribution is -0.122. The van der Waals surface area contributed by atoms with Gasteiger partial charge in [-0.1, -0.05) is 121 Å². The Labute approximate surface area is 206 Å². The van der Waals surface area contributed by atoms with Crippen molar-refractivity contribution in [2.75, 3.05) is 0 Å². The minimum Gasteiger partial charge on any atom is -0.344 e. The first-order valence-electron chi connectivity index (χ1n) is 12.3. The fraction of sp³-hybridized carbons (Fsp3) is 0.121. The molecule has 1 aliphatic rings. The number of carbonyl (C=O) groups is 1. The van der Waals surface area contributed by atoms with E-state index in [-0.39, 0.29) is 17.9 Å². The Bertz CT molecular complexity index is 1430. The van der Waals surface area contributed by atoms with Crippen molar-refractivity contribution in [3.8, 4) is 0 Å². The molecule has 0 aromatic heterocycles. The van der Waals surface area contributed by atoms with Gasteiger partial charge in [-0.3, -0.25) is 4.79 Å². The molecular weight excluding hydrogens is 426 g/mol. The molecule has 1 amide bonds. The van der Waals surface area contributed by atoms with Crippen LogP contribution in [0.4, 0.5) is 0 Å². The predicted octanol–water partition coefficient (Wildman–Crippen LogP) is 6.98. The Morgan fingerprint density at radius 2 is 1.11 bits per heavy atom. The summed E-state index contributed by atoms with van der Waals surface area (Å²) in [6.07, 6.45) is 2.17. The van der Waals surface area contributed by atoms with Gasteiger partial charge in [0.25, 0.3) is 0 Å². The monoisotopic (exact) mass is 453 g/mol. The molecule has 0 unspecified atom stereocenters. The Balaban J connectivity index is 1.46. The molecule has 0 heterocycles. The molecule has 0 saturated carbocycles. The van der Waals surface area contributed by atoms with Crippen LogP contribution in [0.2, 0.25) is 0 Å². The summed E-state index contributed by atoms with van der Waals surface area (Å²) < 4.78 is 0. The molecule has 35 heavy (non-hydrogen) atoms. The molecule has 0 aliphatic heterocycles. The molecular formula is C33H27NO. The van der Waals surface area contributed by atoms with E-state index in [0.717, 1.165) is 35.1 Å². The summed E-state index contributed by atoms with van der Waals surface area (Å²) in [6, 6.07) is 41.2. The van der Waals surface area contributed by atoms with E-state index in [0.29, 0.717) is 0 Å². The highest BCUT2D eigenvalue weighted by Crippen LogP contribution is 2.37. The van der Waals surface area contributed by atoms with Crippen LogP contribution in [0.15, 0.2) is 121 Å². The maximum Gasteiger partial charge on any atom is 0.232 e. The van der Waals surface area contributed by atoms with Crippen LogP contribution in [-0.2, 0) is 17.6 Å². The Hall–Kier alpha value is -4.17. The number of hydrogen-bond donors (Lipinski definition) is 1. The Morgan fingerprint density at radius 1 is 0.571 bits per heavy atom. The summed E-state index contributed by atoms with van der Waals surface area (Å²) in [4.78, 5) is 14.1. The lowest BCUT2D eigenvalue weighted by atomic mass is 9.88. The SMILES string of the molecule is O=C(N[C@H](c1ccccc1)c1ccc2c3c(cccc13)CC2)C(c1ccccc1)c1ccccc1. The first-order chi connectivity index (χ1) is 17.3. The fourth-order valence-corrected chi connectivity index (χ4v) is 5.52. The molecule has 5 aromatic carbocycles. The lowest BCUT2D eigenvalue weighted by Gasteiger charge is -2.25. The summed E-state index contributed by atoms with van der Waals surface area (Å²) in [5, 5.41) is 6.06. The number of rotatable bonds is 6. The number of aryl methyl sites for hydroxylation is 2. The zero-order valence-corrected chi connectivity index (χ0v) is 19.5. The van der Waals surface area contributed by atoms with Gasteiger partial charge in [0.15, 0.2) is 0 Å². The summed E-state index contributed by atoms with van der Waals surface area (Å²) in [7, 11) is 0. The summed E-state index contributed by atoms with van der Waals surface area (Å²) in [5.41, 5.74) is 7.02. The first kappa shape index (κ1) is 21.4. The topological polar surface area (TPSA) is 29.1 Å². The fourth-order valence-electron chi connectivity index (χ4n) is 5.52. The standard InChI is InChI=1S/C33H27NO/c35-33(31(23-11-4-1-5-12-23)24-13-6-2-7-14-24)34-32(27-15-8-3-9-16-27)29-22-21-26-20-19-25-17-10-18-28(29)30(25)26/h1-18,21-22,31-32H,19-20H2,(H,34,35)/t32-/m1/s1. The maximum absolute atomic E-state index is 14.1. The van der Waals surface area contributed by atoms with Crippen LogP contribution in [0.3, 0.4) is 0 Å². The van der Waals surface area contributed by atoms with Crippen LogP contribution in [0.5, 0.6) is 0 Å². The van der Waals surface area contributed by atoms with Gasteiger partial charge >= 0.3 is 0 Å². The van der Waals surface area contributed by atoms with Crippen molar-refractivity contribution < 1.29 is 4.79 Å². The maximum atomic E-state index is 14.1. The van der Waals surface area contributed by atoms with Crippen molar-refractivity contribution in [1.82, 2.24) is 5.32 Å². The minimum absolute atomic E-state index is 0.000457. The van der Waals surface area contributed by atoms with Crippen LogP contribution >= 0.6 is 0 Å². The van der Waals surface area contributed by atoms with Crippen LogP contribution < -0.4 is 5.32 Å². The van der Waals surface area contributed by atoms with Crippen molar-refractivity contribution in [2.45, 2.75) is 24.8 Å². The highest BCUT2D eigenvalue weighted by molar-refractivity contribution is 5.95. The van der Waals surface area contributed by atoms with Crippen LogP contribution in [0.25, 0.3) is 10.8 Å². The van der Waals surface area contributed by atoms with E-state index in [4.69, 9.17) is 0 Å². The number of carbonyl (C=O) groups excluding carboxylic acids is 1. The van der Waals surface area contributed by atoms with Crippen molar-refractivity contribution in [3.63, 3.8) is 0 Å². The van der Waals surface area contributed by atoms with Crippen molar-refractivity contribution in [1.29, 1.82) is 0 Å². The van der Waals surface area contributed by atoms with Gasteiger partial charge in [-0.2, -0.15) is 0 Å². The number of amides is 1. The average Bonchev–Trinajstić information content (AvgIpc) is 3.34. The Morgan fingerprint density at radius 3 is 1.71 bits per heavy atom. The second-order valence-corrected chi connectivity index (χ2v) is 9.26. The third-order valence-corrected chi connectivity index (χ3v) is 7.17. The molecule has 1 aliphatic carbocycles. The van der Waals surface area contributed by atoms with Crippen LogP contribution in [0.1, 0.15) is 45.3 Å². The van der Waals surface area contributed by atoms with Crippen LogP contribution in [-0.4, -0.2) is 5.91 Å². The molecule has 1 atom stereocenters. The molecule has 0 saturated heterocycles. The molecule has 0 spiro atoms. The molecule has 5 aromatic rings. The van der Waals surface area contributed by atoms with Crippen LogP contribution in [0, 0.1) is 0 Å². The van der Waals surface area contributed by atoms with Gasteiger partial charge in [0.05, 0.1) is 12.0 Å². The molecule has 2 heteroatoms. The quantitative estimate of drug-likeness (QED) is 0.295. The molecule has 170 valence electrons. The number of benzene rings is 5. The largest absolute Gasteiger partial charge is 0.344 e. The highest BCUT2D eigenvalue weighted by atomic mass is 16.1. The zero-order chi connectivity index (χ0) is 23.6. The van der Waals surface area contributed by atoms with E-state index in [1.807, 2.05) is 78.9 Å². The van der Waals surface area contributed by atoms with E-state index >= 15 is 0 Å².